The molecule has 2 aromatic carbocycles. The summed E-state index contributed by atoms with van der Waals surface area (Å²) >= 11 is 3.34. The quantitative estimate of drug-likeness (QED) is 0.389. The van der Waals surface area contributed by atoms with E-state index in [-0.39, 0.29) is 5.56 Å². The number of hydrogen-bond acceptors (Lipinski definition) is 4. The highest BCUT2D eigenvalue weighted by atomic mass is 79.9. The molecule has 0 radical (unpaired) electrons. The van der Waals surface area contributed by atoms with Gasteiger partial charge in [-0.2, -0.15) is 0 Å². The summed E-state index contributed by atoms with van der Waals surface area (Å²) in [4.78, 5) is 24.2. The monoisotopic (exact) mass is 372 g/mol. The molecule has 3 aromatic rings. The SMILES string of the molecule is CCc1ccc(OC(=O)c2cc3cc(Br)ccc3oc2=O)cc1. The second-order valence-corrected chi connectivity index (χ2v) is 5.93. The van der Waals surface area contributed by atoms with E-state index in [1.165, 1.54) is 6.07 Å². The van der Waals surface area contributed by atoms with Crippen LogP contribution >= 0.6 is 15.9 Å². The van der Waals surface area contributed by atoms with Crippen LogP contribution in [0.2, 0.25) is 0 Å². The third-order valence-electron chi connectivity index (χ3n) is 3.46. The highest BCUT2D eigenvalue weighted by Gasteiger charge is 2.16. The van der Waals surface area contributed by atoms with Gasteiger partial charge in [0.05, 0.1) is 0 Å². The van der Waals surface area contributed by atoms with Gasteiger partial charge in [-0.15, -0.1) is 0 Å². The molecule has 0 spiro atoms. The largest absolute Gasteiger partial charge is 0.423 e. The molecule has 116 valence electrons. The molecule has 5 heteroatoms. The number of carbonyl (C=O) groups is 1. The van der Waals surface area contributed by atoms with E-state index in [9.17, 15) is 9.59 Å². The molecule has 0 fully saturated rings. The summed E-state index contributed by atoms with van der Waals surface area (Å²) in [7, 11) is 0. The van der Waals surface area contributed by atoms with Crippen LogP contribution < -0.4 is 10.4 Å². The van der Waals surface area contributed by atoms with Gasteiger partial charge >= 0.3 is 11.6 Å². The third kappa shape index (κ3) is 3.35. The van der Waals surface area contributed by atoms with Crippen molar-refractivity contribution in [3.8, 4) is 5.75 Å². The van der Waals surface area contributed by atoms with E-state index in [1.54, 1.807) is 30.3 Å². The number of fused-ring (bicyclic) bond motifs is 1. The van der Waals surface area contributed by atoms with Crippen LogP contribution in [-0.4, -0.2) is 5.97 Å². The maximum Gasteiger partial charge on any atom is 0.351 e. The zero-order valence-electron chi connectivity index (χ0n) is 12.3. The van der Waals surface area contributed by atoms with Gasteiger partial charge in [-0.1, -0.05) is 35.0 Å². The van der Waals surface area contributed by atoms with Crippen LogP contribution in [0.1, 0.15) is 22.8 Å². The van der Waals surface area contributed by atoms with Crippen molar-refractivity contribution in [1.82, 2.24) is 0 Å². The summed E-state index contributed by atoms with van der Waals surface area (Å²) in [5.74, 6) is -0.342. The van der Waals surface area contributed by atoms with Crippen molar-refractivity contribution in [2.45, 2.75) is 13.3 Å². The van der Waals surface area contributed by atoms with Crippen molar-refractivity contribution >= 4 is 32.9 Å². The van der Waals surface area contributed by atoms with E-state index < -0.39 is 11.6 Å². The molecule has 4 nitrogen and oxygen atoms in total. The second-order valence-electron chi connectivity index (χ2n) is 5.02. The lowest BCUT2D eigenvalue weighted by Crippen LogP contribution is -2.18. The molecule has 0 aliphatic rings. The number of esters is 1. The van der Waals surface area contributed by atoms with Crippen molar-refractivity contribution in [2.75, 3.05) is 0 Å². The highest BCUT2D eigenvalue weighted by Crippen LogP contribution is 2.20. The Morgan fingerprint density at radius 1 is 1.13 bits per heavy atom. The van der Waals surface area contributed by atoms with E-state index in [0.29, 0.717) is 16.7 Å². The van der Waals surface area contributed by atoms with Crippen LogP contribution in [0.3, 0.4) is 0 Å². The Morgan fingerprint density at radius 3 is 2.57 bits per heavy atom. The van der Waals surface area contributed by atoms with Gasteiger partial charge in [-0.25, -0.2) is 9.59 Å². The van der Waals surface area contributed by atoms with Gasteiger partial charge < -0.3 is 9.15 Å². The Bertz CT molecular complexity index is 926. The van der Waals surface area contributed by atoms with Crippen LogP contribution in [0, 0.1) is 0 Å². The topological polar surface area (TPSA) is 56.5 Å². The molecule has 1 aromatic heterocycles. The Hall–Kier alpha value is -2.40. The minimum absolute atomic E-state index is 0.129. The second kappa shape index (κ2) is 6.38. The Labute approximate surface area is 140 Å². The zero-order chi connectivity index (χ0) is 16.4. The Morgan fingerprint density at radius 2 is 1.87 bits per heavy atom. The molecule has 0 aliphatic carbocycles. The van der Waals surface area contributed by atoms with Gasteiger partial charge in [-0.3, -0.25) is 0 Å². The van der Waals surface area contributed by atoms with Gasteiger partial charge in [0.2, 0.25) is 0 Å². The number of benzene rings is 2. The summed E-state index contributed by atoms with van der Waals surface area (Å²) in [6.45, 7) is 2.04. The predicted molar refractivity (Wildman–Crippen MR) is 91.0 cm³/mol. The van der Waals surface area contributed by atoms with Crippen molar-refractivity contribution in [1.29, 1.82) is 0 Å². The predicted octanol–water partition coefficient (Wildman–Crippen LogP) is 4.34. The molecule has 0 unspecified atom stereocenters. The molecule has 1 heterocycles. The Kier molecular flexibility index (Phi) is 4.30. The van der Waals surface area contributed by atoms with E-state index >= 15 is 0 Å². The molecule has 3 rings (SSSR count). The van der Waals surface area contributed by atoms with E-state index in [1.807, 2.05) is 19.1 Å². The first-order valence-electron chi connectivity index (χ1n) is 7.11. The number of rotatable bonds is 3. The molecular formula is C18H13BrO4. The molecule has 0 saturated carbocycles. The number of ether oxygens (including phenoxy) is 1. The van der Waals surface area contributed by atoms with Crippen LogP contribution in [-0.2, 0) is 6.42 Å². The maximum absolute atomic E-state index is 12.2. The summed E-state index contributed by atoms with van der Waals surface area (Å²) in [6, 6.07) is 13.8. The van der Waals surface area contributed by atoms with E-state index in [0.717, 1.165) is 16.5 Å². The first kappa shape index (κ1) is 15.5. The minimum atomic E-state index is -0.732. The molecule has 23 heavy (non-hydrogen) atoms. The van der Waals surface area contributed by atoms with Crippen LogP contribution in [0.25, 0.3) is 11.0 Å². The normalized spacial score (nSPS) is 10.7. The smallest absolute Gasteiger partial charge is 0.351 e. The first-order chi connectivity index (χ1) is 11.1. The average Bonchev–Trinajstić information content (AvgIpc) is 2.55. The Balaban J connectivity index is 1.93. The number of halogens is 1. The molecule has 0 N–H and O–H groups in total. The lowest BCUT2D eigenvalue weighted by Gasteiger charge is -2.05. The summed E-state index contributed by atoms with van der Waals surface area (Å²) in [5, 5.41) is 0.646. The van der Waals surface area contributed by atoms with Crippen LogP contribution in [0.4, 0.5) is 0 Å². The fourth-order valence-corrected chi connectivity index (χ4v) is 2.57. The number of carbonyl (C=O) groups excluding carboxylic acids is 1. The van der Waals surface area contributed by atoms with Gasteiger partial charge in [0.15, 0.2) is 0 Å². The molecular weight excluding hydrogens is 360 g/mol. The standard InChI is InChI=1S/C18H13BrO4/c1-2-11-3-6-14(7-4-11)22-17(20)15-10-12-9-13(19)5-8-16(12)23-18(15)21/h3-10H,2H2,1H3. The summed E-state index contributed by atoms with van der Waals surface area (Å²) in [6.07, 6.45) is 0.900. The molecule has 0 saturated heterocycles. The lowest BCUT2D eigenvalue weighted by molar-refractivity contribution is 0.0730. The van der Waals surface area contributed by atoms with Crippen LogP contribution in [0.15, 0.2) is 62.2 Å². The van der Waals surface area contributed by atoms with Gasteiger partial charge in [0.25, 0.3) is 0 Å². The zero-order valence-corrected chi connectivity index (χ0v) is 13.9. The first-order valence-corrected chi connectivity index (χ1v) is 7.90. The van der Waals surface area contributed by atoms with Gasteiger partial charge in [0.1, 0.15) is 16.9 Å². The molecule has 0 aliphatic heterocycles. The molecule has 0 bridgehead atoms. The molecule has 0 amide bonds. The lowest BCUT2D eigenvalue weighted by atomic mass is 10.1. The van der Waals surface area contributed by atoms with Crippen molar-refractivity contribution in [2.24, 2.45) is 0 Å². The molecule has 0 atom stereocenters. The summed E-state index contributed by atoms with van der Waals surface area (Å²) < 4.78 is 11.2. The van der Waals surface area contributed by atoms with Crippen molar-refractivity contribution in [3.05, 3.63) is 74.6 Å². The average molecular weight is 373 g/mol. The fourth-order valence-electron chi connectivity index (χ4n) is 2.19. The number of hydrogen-bond donors (Lipinski definition) is 0. The minimum Gasteiger partial charge on any atom is -0.423 e. The van der Waals surface area contributed by atoms with Gasteiger partial charge in [-0.05, 0) is 48.4 Å². The maximum atomic E-state index is 12.2. The third-order valence-corrected chi connectivity index (χ3v) is 3.95. The van der Waals surface area contributed by atoms with Crippen LogP contribution in [0.5, 0.6) is 5.75 Å². The van der Waals surface area contributed by atoms with Crippen molar-refractivity contribution in [3.63, 3.8) is 0 Å². The van der Waals surface area contributed by atoms with Gasteiger partial charge in [0, 0.05) is 9.86 Å². The highest BCUT2D eigenvalue weighted by molar-refractivity contribution is 9.10. The van der Waals surface area contributed by atoms with E-state index in [4.69, 9.17) is 9.15 Å². The number of aryl methyl sites for hydroxylation is 1. The summed E-state index contributed by atoms with van der Waals surface area (Å²) in [5.41, 5.74) is 0.715. The van der Waals surface area contributed by atoms with E-state index in [2.05, 4.69) is 15.9 Å². The fraction of sp³-hybridized carbons (Fsp3) is 0.111. The van der Waals surface area contributed by atoms with Crippen molar-refractivity contribution < 1.29 is 13.9 Å².